The Labute approximate surface area is 75.4 Å². The molecule has 3 N–H and O–H groups in total. The van der Waals surface area contributed by atoms with E-state index in [1.54, 1.807) is 6.20 Å². The molecule has 0 atom stereocenters. The van der Waals surface area contributed by atoms with Crippen LogP contribution in [-0.2, 0) is 24.3 Å². The molecule has 13 heavy (non-hydrogen) atoms. The van der Waals surface area contributed by atoms with Gasteiger partial charge in [-0.15, -0.1) is 0 Å². The molecular weight excluding hydrogens is 168 g/mol. The van der Waals surface area contributed by atoms with Crippen molar-refractivity contribution in [1.29, 1.82) is 0 Å². The van der Waals surface area contributed by atoms with Crippen molar-refractivity contribution in [2.75, 3.05) is 0 Å². The zero-order chi connectivity index (χ0) is 9.26. The lowest BCUT2D eigenvalue weighted by atomic mass is 10.2. The van der Waals surface area contributed by atoms with Crippen LogP contribution in [0, 0.1) is 0 Å². The Morgan fingerprint density at radius 1 is 1.62 bits per heavy atom. The SMILES string of the molecule is NC(=O)Cc1ncc2c(n1)CNC2. The molecule has 0 bridgehead atoms. The molecule has 0 aliphatic carbocycles. The third-order valence-corrected chi connectivity index (χ3v) is 1.94. The third kappa shape index (κ3) is 1.65. The summed E-state index contributed by atoms with van der Waals surface area (Å²) in [7, 11) is 0. The van der Waals surface area contributed by atoms with Crippen LogP contribution in [0.25, 0.3) is 0 Å². The van der Waals surface area contributed by atoms with Crippen LogP contribution in [0.3, 0.4) is 0 Å². The number of nitrogens with two attached hydrogens (primary N) is 1. The van der Waals surface area contributed by atoms with E-state index in [9.17, 15) is 4.79 Å². The molecule has 1 aromatic rings. The molecule has 1 amide bonds. The second-order valence-corrected chi connectivity index (χ2v) is 3.00. The summed E-state index contributed by atoms with van der Waals surface area (Å²) in [6, 6.07) is 0. The van der Waals surface area contributed by atoms with Crippen molar-refractivity contribution in [2.45, 2.75) is 19.5 Å². The Bertz CT molecular complexity index is 350. The lowest BCUT2D eigenvalue weighted by Gasteiger charge is -1.99. The standard InChI is InChI=1S/C8H10N4O/c9-7(13)1-8-11-3-5-2-10-4-6(5)12-8/h3,10H,1-2,4H2,(H2,9,13). The maximum atomic E-state index is 10.6. The van der Waals surface area contributed by atoms with Gasteiger partial charge in [0.2, 0.25) is 5.91 Å². The molecule has 5 nitrogen and oxygen atoms in total. The fourth-order valence-corrected chi connectivity index (χ4v) is 1.34. The lowest BCUT2D eigenvalue weighted by Crippen LogP contribution is -2.16. The Kier molecular flexibility index (Phi) is 1.94. The van der Waals surface area contributed by atoms with Crippen LogP contribution < -0.4 is 11.1 Å². The first-order chi connectivity index (χ1) is 6.25. The number of hydrogen-bond donors (Lipinski definition) is 2. The second-order valence-electron chi connectivity index (χ2n) is 3.00. The first kappa shape index (κ1) is 8.12. The topological polar surface area (TPSA) is 80.9 Å². The number of nitrogens with zero attached hydrogens (tertiary/aromatic N) is 2. The van der Waals surface area contributed by atoms with E-state index in [4.69, 9.17) is 5.73 Å². The van der Waals surface area contributed by atoms with E-state index in [2.05, 4.69) is 15.3 Å². The zero-order valence-corrected chi connectivity index (χ0v) is 7.08. The van der Waals surface area contributed by atoms with Crippen LogP contribution in [0.15, 0.2) is 6.20 Å². The van der Waals surface area contributed by atoms with Gasteiger partial charge in [0, 0.05) is 24.8 Å². The molecule has 0 radical (unpaired) electrons. The number of fused-ring (bicyclic) bond motifs is 1. The monoisotopic (exact) mass is 178 g/mol. The molecule has 0 saturated carbocycles. The van der Waals surface area contributed by atoms with E-state index in [-0.39, 0.29) is 6.42 Å². The number of rotatable bonds is 2. The summed E-state index contributed by atoms with van der Waals surface area (Å²) in [5, 5.41) is 3.15. The summed E-state index contributed by atoms with van der Waals surface area (Å²) in [6.45, 7) is 1.57. The molecule has 1 aliphatic heterocycles. The number of carbonyl (C=O) groups excluding carboxylic acids is 1. The number of carbonyl (C=O) groups is 1. The Morgan fingerprint density at radius 3 is 3.23 bits per heavy atom. The van der Waals surface area contributed by atoms with E-state index in [1.165, 1.54) is 0 Å². The molecule has 0 saturated heterocycles. The first-order valence-corrected chi connectivity index (χ1v) is 4.08. The Hall–Kier alpha value is -1.49. The van der Waals surface area contributed by atoms with E-state index < -0.39 is 5.91 Å². The van der Waals surface area contributed by atoms with Gasteiger partial charge in [0.1, 0.15) is 5.82 Å². The number of amides is 1. The molecule has 5 heteroatoms. The van der Waals surface area contributed by atoms with E-state index in [0.717, 1.165) is 24.3 Å². The van der Waals surface area contributed by atoms with Crippen molar-refractivity contribution in [3.05, 3.63) is 23.3 Å². The van der Waals surface area contributed by atoms with E-state index in [0.29, 0.717) is 5.82 Å². The van der Waals surface area contributed by atoms with Crippen molar-refractivity contribution >= 4 is 5.91 Å². The average Bonchev–Trinajstić information content (AvgIpc) is 2.49. The van der Waals surface area contributed by atoms with E-state index >= 15 is 0 Å². The number of primary amides is 1. The van der Waals surface area contributed by atoms with Gasteiger partial charge in [0.25, 0.3) is 0 Å². The summed E-state index contributed by atoms with van der Waals surface area (Å²) in [4.78, 5) is 18.9. The molecule has 0 aromatic carbocycles. The minimum Gasteiger partial charge on any atom is -0.369 e. The van der Waals surface area contributed by atoms with Crippen molar-refractivity contribution in [1.82, 2.24) is 15.3 Å². The van der Waals surface area contributed by atoms with Gasteiger partial charge in [-0.3, -0.25) is 4.79 Å². The second kappa shape index (κ2) is 3.10. The molecule has 1 aliphatic rings. The predicted molar refractivity (Wildman–Crippen MR) is 45.5 cm³/mol. The van der Waals surface area contributed by atoms with Gasteiger partial charge in [0.05, 0.1) is 12.1 Å². The van der Waals surface area contributed by atoms with Gasteiger partial charge < -0.3 is 11.1 Å². The van der Waals surface area contributed by atoms with Crippen molar-refractivity contribution in [3.8, 4) is 0 Å². The molecule has 68 valence electrons. The molecule has 1 aromatic heterocycles. The van der Waals surface area contributed by atoms with E-state index in [1.807, 2.05) is 0 Å². The minimum absolute atomic E-state index is 0.118. The average molecular weight is 178 g/mol. The van der Waals surface area contributed by atoms with Gasteiger partial charge in [0.15, 0.2) is 0 Å². The zero-order valence-electron chi connectivity index (χ0n) is 7.08. The Morgan fingerprint density at radius 2 is 2.46 bits per heavy atom. The fourth-order valence-electron chi connectivity index (χ4n) is 1.34. The molecule has 0 spiro atoms. The fraction of sp³-hybridized carbons (Fsp3) is 0.375. The molecular formula is C8H10N4O. The van der Waals surface area contributed by atoms with Gasteiger partial charge in [-0.2, -0.15) is 0 Å². The summed E-state index contributed by atoms with van der Waals surface area (Å²) in [5.41, 5.74) is 7.12. The predicted octanol–water partition coefficient (Wildman–Crippen LogP) is -0.892. The van der Waals surface area contributed by atoms with Crippen LogP contribution in [0.5, 0.6) is 0 Å². The summed E-state index contributed by atoms with van der Waals surface area (Å²) in [6.07, 6.45) is 1.87. The maximum Gasteiger partial charge on any atom is 0.225 e. The van der Waals surface area contributed by atoms with Crippen LogP contribution in [0.1, 0.15) is 17.1 Å². The van der Waals surface area contributed by atoms with Crippen LogP contribution in [-0.4, -0.2) is 15.9 Å². The number of hydrogen-bond acceptors (Lipinski definition) is 4. The van der Waals surface area contributed by atoms with Gasteiger partial charge in [-0.1, -0.05) is 0 Å². The number of aromatic nitrogens is 2. The van der Waals surface area contributed by atoms with Gasteiger partial charge in [-0.05, 0) is 0 Å². The number of nitrogens with one attached hydrogen (secondary N) is 1. The highest BCUT2D eigenvalue weighted by Gasteiger charge is 2.13. The largest absolute Gasteiger partial charge is 0.369 e. The maximum absolute atomic E-state index is 10.6. The highest BCUT2D eigenvalue weighted by Crippen LogP contribution is 2.11. The van der Waals surface area contributed by atoms with Crippen LogP contribution in [0.4, 0.5) is 0 Å². The van der Waals surface area contributed by atoms with Crippen LogP contribution in [0.2, 0.25) is 0 Å². The lowest BCUT2D eigenvalue weighted by molar-refractivity contribution is -0.117. The molecule has 0 unspecified atom stereocenters. The van der Waals surface area contributed by atoms with Crippen LogP contribution >= 0.6 is 0 Å². The minimum atomic E-state index is -0.397. The highest BCUT2D eigenvalue weighted by molar-refractivity contribution is 5.75. The van der Waals surface area contributed by atoms with Crippen molar-refractivity contribution in [3.63, 3.8) is 0 Å². The Balaban J connectivity index is 2.25. The van der Waals surface area contributed by atoms with Crippen molar-refractivity contribution in [2.24, 2.45) is 5.73 Å². The summed E-state index contributed by atoms with van der Waals surface area (Å²) in [5.74, 6) is 0.112. The van der Waals surface area contributed by atoms with Gasteiger partial charge >= 0.3 is 0 Å². The quantitative estimate of drug-likeness (QED) is 0.615. The first-order valence-electron chi connectivity index (χ1n) is 4.08. The van der Waals surface area contributed by atoms with Crippen molar-refractivity contribution < 1.29 is 4.79 Å². The normalized spacial score (nSPS) is 14.2. The highest BCUT2D eigenvalue weighted by atomic mass is 16.1. The third-order valence-electron chi connectivity index (χ3n) is 1.94. The summed E-state index contributed by atoms with van der Waals surface area (Å²) < 4.78 is 0. The van der Waals surface area contributed by atoms with Gasteiger partial charge in [-0.25, -0.2) is 9.97 Å². The molecule has 0 fully saturated rings. The molecule has 2 heterocycles. The summed E-state index contributed by atoms with van der Waals surface area (Å²) >= 11 is 0. The smallest absolute Gasteiger partial charge is 0.225 e. The molecule has 2 rings (SSSR count).